The third kappa shape index (κ3) is 2.52. The number of anilines is 1. The third-order valence-electron chi connectivity index (χ3n) is 3.73. The quantitative estimate of drug-likeness (QED) is 0.896. The summed E-state index contributed by atoms with van der Waals surface area (Å²) in [5.41, 5.74) is 4.20. The number of amides is 1. The molecule has 0 saturated heterocycles. The fourth-order valence-corrected chi connectivity index (χ4v) is 2.54. The molecule has 2 aromatic rings. The molecule has 1 amide bonds. The van der Waals surface area contributed by atoms with Crippen LogP contribution in [0.2, 0.25) is 0 Å². The molecule has 3 heteroatoms. The van der Waals surface area contributed by atoms with E-state index in [4.69, 9.17) is 0 Å². The van der Waals surface area contributed by atoms with E-state index in [1.807, 2.05) is 55.5 Å². The average molecular weight is 266 g/mol. The van der Waals surface area contributed by atoms with E-state index >= 15 is 0 Å². The Morgan fingerprint density at radius 3 is 2.80 bits per heavy atom. The van der Waals surface area contributed by atoms with Crippen LogP contribution in [0.4, 0.5) is 5.69 Å². The van der Waals surface area contributed by atoms with Gasteiger partial charge in [0.2, 0.25) is 0 Å². The largest absolute Gasteiger partial charge is 0.384 e. The maximum absolute atomic E-state index is 12.3. The normalized spacial score (nSPS) is 14.2. The molecule has 0 aromatic heterocycles. The van der Waals surface area contributed by atoms with Gasteiger partial charge in [0.25, 0.3) is 5.91 Å². The first-order valence-corrected chi connectivity index (χ1v) is 6.96. The number of hydrogen-bond donors (Lipinski definition) is 2. The molecule has 0 saturated carbocycles. The summed E-state index contributed by atoms with van der Waals surface area (Å²) in [6, 6.07) is 15.9. The first-order valence-electron chi connectivity index (χ1n) is 6.96. The van der Waals surface area contributed by atoms with Gasteiger partial charge in [0.15, 0.2) is 0 Å². The summed E-state index contributed by atoms with van der Waals surface area (Å²) < 4.78 is 0. The van der Waals surface area contributed by atoms with Crippen molar-refractivity contribution in [3.63, 3.8) is 0 Å². The Kier molecular flexibility index (Phi) is 3.42. The van der Waals surface area contributed by atoms with Crippen LogP contribution in [-0.4, -0.2) is 12.5 Å². The van der Waals surface area contributed by atoms with E-state index < -0.39 is 0 Å². The zero-order valence-electron chi connectivity index (χ0n) is 11.5. The molecule has 1 aliphatic rings. The van der Waals surface area contributed by atoms with Crippen molar-refractivity contribution in [2.75, 3.05) is 11.9 Å². The molecule has 0 aliphatic carbocycles. The summed E-state index contributed by atoms with van der Waals surface area (Å²) in [7, 11) is 0. The lowest BCUT2D eigenvalue weighted by Crippen LogP contribution is -2.26. The first kappa shape index (κ1) is 12.7. The molecule has 0 unspecified atom stereocenters. The first-order chi connectivity index (χ1) is 9.74. The molecular formula is C17H18N2O. The van der Waals surface area contributed by atoms with Gasteiger partial charge in [-0.05, 0) is 36.6 Å². The fourth-order valence-electron chi connectivity index (χ4n) is 2.54. The summed E-state index contributed by atoms with van der Waals surface area (Å²) >= 11 is 0. The van der Waals surface area contributed by atoms with Crippen LogP contribution < -0.4 is 10.6 Å². The van der Waals surface area contributed by atoms with Crippen molar-refractivity contribution < 1.29 is 4.79 Å². The van der Waals surface area contributed by atoms with Gasteiger partial charge in [0, 0.05) is 17.8 Å². The average Bonchev–Trinajstić information content (AvgIpc) is 2.95. The number of carbonyl (C=O) groups excluding carboxylic acids is 1. The lowest BCUT2D eigenvalue weighted by molar-refractivity contribution is 0.0940. The Balaban J connectivity index is 1.73. The highest BCUT2D eigenvalue weighted by atomic mass is 16.1. The Hall–Kier alpha value is -2.29. The van der Waals surface area contributed by atoms with Gasteiger partial charge in [0.05, 0.1) is 6.04 Å². The number of benzene rings is 2. The Morgan fingerprint density at radius 1 is 1.20 bits per heavy atom. The van der Waals surface area contributed by atoms with Crippen LogP contribution in [0.5, 0.6) is 0 Å². The van der Waals surface area contributed by atoms with Crippen LogP contribution in [0.1, 0.15) is 34.5 Å². The minimum atomic E-state index is -0.0298. The Bertz CT molecular complexity index is 622. The highest BCUT2D eigenvalue weighted by Crippen LogP contribution is 2.23. The van der Waals surface area contributed by atoms with Crippen LogP contribution in [0.25, 0.3) is 0 Å². The molecule has 0 spiro atoms. The van der Waals surface area contributed by atoms with Crippen LogP contribution in [0.3, 0.4) is 0 Å². The van der Waals surface area contributed by atoms with Gasteiger partial charge in [0.1, 0.15) is 0 Å². The van der Waals surface area contributed by atoms with E-state index in [0.717, 1.165) is 24.2 Å². The van der Waals surface area contributed by atoms with Crippen molar-refractivity contribution >= 4 is 11.6 Å². The van der Waals surface area contributed by atoms with Gasteiger partial charge >= 0.3 is 0 Å². The second kappa shape index (κ2) is 5.37. The monoisotopic (exact) mass is 266 g/mol. The number of fused-ring (bicyclic) bond motifs is 1. The predicted octanol–water partition coefficient (Wildman–Crippen LogP) is 3.15. The summed E-state index contributed by atoms with van der Waals surface area (Å²) in [4.78, 5) is 12.3. The molecule has 3 nitrogen and oxygen atoms in total. The van der Waals surface area contributed by atoms with Crippen molar-refractivity contribution in [2.45, 2.75) is 19.4 Å². The summed E-state index contributed by atoms with van der Waals surface area (Å²) in [5, 5.41) is 6.34. The zero-order valence-corrected chi connectivity index (χ0v) is 11.5. The van der Waals surface area contributed by atoms with Crippen molar-refractivity contribution in [3.05, 3.63) is 65.2 Å². The molecule has 1 atom stereocenters. The molecule has 102 valence electrons. The maximum Gasteiger partial charge on any atom is 0.251 e. The topological polar surface area (TPSA) is 41.1 Å². The molecule has 0 radical (unpaired) electrons. The lowest BCUT2D eigenvalue weighted by atomic mass is 10.1. The second-order valence-corrected chi connectivity index (χ2v) is 5.15. The van der Waals surface area contributed by atoms with Crippen LogP contribution >= 0.6 is 0 Å². The van der Waals surface area contributed by atoms with Gasteiger partial charge in [-0.3, -0.25) is 4.79 Å². The fraction of sp³-hybridized carbons (Fsp3) is 0.235. The highest BCUT2D eigenvalue weighted by Gasteiger charge is 2.15. The second-order valence-electron chi connectivity index (χ2n) is 5.15. The number of nitrogens with one attached hydrogen (secondary N) is 2. The number of hydrogen-bond acceptors (Lipinski definition) is 2. The molecular weight excluding hydrogens is 248 g/mol. The minimum Gasteiger partial charge on any atom is -0.384 e. The van der Waals surface area contributed by atoms with Crippen LogP contribution in [0.15, 0.2) is 48.5 Å². The SMILES string of the molecule is C[C@@H](NC(=O)c1ccc2c(c1)NCC2)c1ccccc1. The Labute approximate surface area is 119 Å². The van der Waals surface area contributed by atoms with E-state index in [9.17, 15) is 4.79 Å². The van der Waals surface area contributed by atoms with Gasteiger partial charge in [-0.25, -0.2) is 0 Å². The van der Waals surface area contributed by atoms with Crippen molar-refractivity contribution in [2.24, 2.45) is 0 Å². The molecule has 1 aliphatic heterocycles. The molecule has 1 heterocycles. The van der Waals surface area contributed by atoms with Crippen molar-refractivity contribution in [1.29, 1.82) is 0 Å². The summed E-state index contributed by atoms with van der Waals surface area (Å²) in [5.74, 6) is -0.0298. The van der Waals surface area contributed by atoms with E-state index in [0.29, 0.717) is 5.56 Å². The number of rotatable bonds is 3. The molecule has 0 fully saturated rings. The minimum absolute atomic E-state index is 0.00455. The predicted molar refractivity (Wildman–Crippen MR) is 81.0 cm³/mol. The molecule has 3 rings (SSSR count). The van der Waals surface area contributed by atoms with E-state index in [1.165, 1.54) is 5.56 Å². The highest BCUT2D eigenvalue weighted by molar-refractivity contribution is 5.95. The molecule has 2 aromatic carbocycles. The van der Waals surface area contributed by atoms with Crippen LogP contribution in [0, 0.1) is 0 Å². The summed E-state index contributed by atoms with van der Waals surface area (Å²) in [6.07, 6.45) is 1.04. The van der Waals surface area contributed by atoms with Crippen molar-refractivity contribution in [3.8, 4) is 0 Å². The standard InChI is InChI=1S/C17H18N2O/c1-12(13-5-3-2-4-6-13)19-17(20)15-8-7-14-9-10-18-16(14)11-15/h2-8,11-12,18H,9-10H2,1H3,(H,19,20)/t12-/m1/s1. The Morgan fingerprint density at radius 2 is 2.00 bits per heavy atom. The van der Waals surface area contributed by atoms with Gasteiger partial charge in [-0.15, -0.1) is 0 Å². The smallest absolute Gasteiger partial charge is 0.251 e. The van der Waals surface area contributed by atoms with E-state index in [-0.39, 0.29) is 11.9 Å². The molecule has 2 N–H and O–H groups in total. The van der Waals surface area contributed by atoms with E-state index in [2.05, 4.69) is 10.6 Å². The lowest BCUT2D eigenvalue weighted by Gasteiger charge is -2.14. The van der Waals surface area contributed by atoms with Gasteiger partial charge in [-0.1, -0.05) is 36.4 Å². The number of carbonyl (C=O) groups is 1. The zero-order chi connectivity index (χ0) is 13.9. The van der Waals surface area contributed by atoms with Crippen molar-refractivity contribution in [1.82, 2.24) is 5.32 Å². The van der Waals surface area contributed by atoms with E-state index in [1.54, 1.807) is 0 Å². The summed E-state index contributed by atoms with van der Waals surface area (Å²) in [6.45, 7) is 2.96. The van der Waals surface area contributed by atoms with Crippen LogP contribution in [-0.2, 0) is 6.42 Å². The maximum atomic E-state index is 12.3. The third-order valence-corrected chi connectivity index (χ3v) is 3.73. The van der Waals surface area contributed by atoms with Gasteiger partial charge < -0.3 is 10.6 Å². The van der Waals surface area contributed by atoms with Gasteiger partial charge in [-0.2, -0.15) is 0 Å². The molecule has 20 heavy (non-hydrogen) atoms. The molecule has 0 bridgehead atoms.